The van der Waals surface area contributed by atoms with Crippen LogP contribution < -0.4 is 26.2 Å². The van der Waals surface area contributed by atoms with E-state index in [0.29, 0.717) is 0 Å². The van der Waals surface area contributed by atoms with Gasteiger partial charge in [-0.1, -0.05) is 212 Å². The highest BCUT2D eigenvalue weighted by molar-refractivity contribution is 7.00. The van der Waals surface area contributed by atoms with Gasteiger partial charge in [-0.25, -0.2) is 0 Å². The molecule has 0 atom stereocenters. The normalized spacial score (nSPS) is 12.3. The van der Waals surface area contributed by atoms with Crippen molar-refractivity contribution in [3.05, 3.63) is 249 Å². The minimum absolute atomic E-state index is 0.0640. The summed E-state index contributed by atoms with van der Waals surface area (Å²) in [7, 11) is 0. The lowest BCUT2D eigenvalue weighted by Crippen LogP contribution is -2.61. The number of hydrogen-bond acceptors (Lipinski definition) is 2. The van der Waals surface area contributed by atoms with Crippen molar-refractivity contribution < 1.29 is 0 Å². The maximum Gasteiger partial charge on any atom is 0.252 e. The van der Waals surface area contributed by atoms with E-state index in [9.17, 15) is 0 Å². The fraction of sp³-hybridized carbons (Fsp3) is 0. The Hall–Kier alpha value is -8.14. The summed E-state index contributed by atoms with van der Waals surface area (Å²) < 4.78 is 0. The molecule has 0 saturated heterocycles. The van der Waals surface area contributed by atoms with Gasteiger partial charge in [0.25, 0.3) is 6.71 Å². The summed E-state index contributed by atoms with van der Waals surface area (Å²) in [6.07, 6.45) is 0. The highest BCUT2D eigenvalue weighted by atomic mass is 15.2. The van der Waals surface area contributed by atoms with Gasteiger partial charge in [-0.2, -0.15) is 0 Å². The van der Waals surface area contributed by atoms with Crippen LogP contribution in [-0.2, 0) is 0 Å². The molecule has 294 valence electrons. The second kappa shape index (κ2) is 15.4. The molecule has 63 heavy (non-hydrogen) atoms. The van der Waals surface area contributed by atoms with E-state index in [1.54, 1.807) is 0 Å². The number of para-hydroxylation sites is 2. The molecular formula is C60H41BN2. The maximum atomic E-state index is 2.57. The molecule has 3 heteroatoms. The molecule has 0 amide bonds. The molecule has 0 unspecified atom stereocenters. The predicted molar refractivity (Wildman–Crippen MR) is 268 cm³/mol. The van der Waals surface area contributed by atoms with Crippen molar-refractivity contribution in [1.29, 1.82) is 0 Å². The first kappa shape index (κ1) is 36.7. The van der Waals surface area contributed by atoms with Gasteiger partial charge in [0.15, 0.2) is 0 Å². The average molecular weight is 801 g/mol. The predicted octanol–water partition coefficient (Wildman–Crippen LogP) is 14.1. The van der Waals surface area contributed by atoms with Crippen molar-refractivity contribution >= 4 is 57.2 Å². The van der Waals surface area contributed by atoms with Gasteiger partial charge in [-0.15, -0.1) is 0 Å². The van der Waals surface area contributed by atoms with Crippen LogP contribution in [0.5, 0.6) is 0 Å². The molecular weight excluding hydrogens is 759 g/mol. The number of rotatable bonds is 7. The van der Waals surface area contributed by atoms with E-state index >= 15 is 0 Å². The van der Waals surface area contributed by atoms with Crippen LogP contribution in [0.25, 0.3) is 55.6 Å². The van der Waals surface area contributed by atoms with Crippen molar-refractivity contribution in [1.82, 2.24) is 0 Å². The Morgan fingerprint density at radius 1 is 0.254 bits per heavy atom. The quantitative estimate of drug-likeness (QED) is 0.148. The smallest absolute Gasteiger partial charge is 0.252 e. The van der Waals surface area contributed by atoms with Crippen molar-refractivity contribution in [3.8, 4) is 55.6 Å². The van der Waals surface area contributed by atoms with E-state index in [-0.39, 0.29) is 6.71 Å². The third-order valence-corrected chi connectivity index (χ3v) is 12.8. The lowest BCUT2D eigenvalue weighted by molar-refractivity contribution is 1.25. The van der Waals surface area contributed by atoms with E-state index in [4.69, 9.17) is 0 Å². The monoisotopic (exact) mass is 800 g/mol. The Bertz CT molecular complexity index is 3280. The topological polar surface area (TPSA) is 6.48 Å². The standard InChI is InChI=1S/C60H41BN2/c1-6-20-42(21-7-1)47-30-18-31-50(38-47)62-57-40-49(44-24-10-3-11-25-44)41-58-59(57)61(53-34-19-33-52(60(53)62)46-28-14-5-15-29-46)54-39-48(43-22-8-2-9-23-43)36-37-56(54)63(58)55-35-17-16-32-51(55)45-26-12-4-13-27-45/h1-41H. The largest absolute Gasteiger partial charge is 0.311 e. The van der Waals surface area contributed by atoms with Crippen molar-refractivity contribution in [3.63, 3.8) is 0 Å². The van der Waals surface area contributed by atoms with Gasteiger partial charge < -0.3 is 9.80 Å². The molecule has 0 spiro atoms. The molecule has 0 bridgehead atoms. The molecule has 0 saturated carbocycles. The average Bonchev–Trinajstić information content (AvgIpc) is 3.37. The molecule has 0 fully saturated rings. The Morgan fingerprint density at radius 2 is 0.730 bits per heavy atom. The Morgan fingerprint density at radius 3 is 1.37 bits per heavy atom. The van der Waals surface area contributed by atoms with Gasteiger partial charge in [0, 0.05) is 39.6 Å². The molecule has 0 aliphatic carbocycles. The lowest BCUT2D eigenvalue weighted by atomic mass is 9.33. The summed E-state index contributed by atoms with van der Waals surface area (Å²) in [5.74, 6) is 0. The van der Waals surface area contributed by atoms with Crippen molar-refractivity contribution in [2.24, 2.45) is 0 Å². The van der Waals surface area contributed by atoms with Gasteiger partial charge in [0.2, 0.25) is 0 Å². The summed E-state index contributed by atoms with van der Waals surface area (Å²) in [4.78, 5) is 5.12. The van der Waals surface area contributed by atoms with Crippen molar-refractivity contribution in [2.75, 3.05) is 9.80 Å². The molecule has 10 aromatic rings. The van der Waals surface area contributed by atoms with Gasteiger partial charge in [-0.3, -0.25) is 0 Å². The van der Waals surface area contributed by atoms with Crippen LogP contribution in [0.4, 0.5) is 34.1 Å². The van der Waals surface area contributed by atoms with Crippen molar-refractivity contribution in [2.45, 2.75) is 0 Å². The molecule has 2 heterocycles. The summed E-state index contributed by atoms with van der Waals surface area (Å²) in [5, 5.41) is 0. The number of nitrogens with zero attached hydrogens (tertiary/aromatic N) is 2. The molecule has 0 N–H and O–H groups in total. The first-order chi connectivity index (χ1) is 31.3. The molecule has 0 aromatic heterocycles. The van der Waals surface area contributed by atoms with Crippen LogP contribution in [0.1, 0.15) is 0 Å². The molecule has 12 rings (SSSR count). The summed E-state index contributed by atoms with van der Waals surface area (Å²) in [5.41, 5.74) is 22.7. The zero-order chi connectivity index (χ0) is 41.7. The zero-order valence-corrected chi connectivity index (χ0v) is 34.6. The molecule has 2 aliphatic heterocycles. The van der Waals surface area contributed by atoms with Gasteiger partial charge in [0.05, 0.1) is 5.69 Å². The molecule has 0 radical (unpaired) electrons. The van der Waals surface area contributed by atoms with Crippen LogP contribution in [0.3, 0.4) is 0 Å². The van der Waals surface area contributed by atoms with E-state index < -0.39 is 0 Å². The number of anilines is 6. The maximum absolute atomic E-state index is 2.57. The second-order valence-corrected chi connectivity index (χ2v) is 16.4. The second-order valence-electron chi connectivity index (χ2n) is 16.4. The van der Waals surface area contributed by atoms with Crippen LogP contribution in [0.15, 0.2) is 249 Å². The third-order valence-electron chi connectivity index (χ3n) is 12.8. The molecule has 2 nitrogen and oxygen atoms in total. The number of fused-ring (bicyclic) bond motifs is 4. The fourth-order valence-corrected chi connectivity index (χ4v) is 10.0. The first-order valence-corrected chi connectivity index (χ1v) is 21.8. The zero-order valence-electron chi connectivity index (χ0n) is 34.6. The SMILES string of the molecule is c1ccc(-c2cccc(N3c4cc(-c5ccccc5)cc5c4B(c4cc(-c6ccccc6)ccc4N5c4ccccc4-c4ccccc4)c4cccc(-c5ccccc5)c43)c2)cc1. The van der Waals surface area contributed by atoms with E-state index in [1.165, 1.54) is 94.8 Å². The summed E-state index contributed by atoms with van der Waals surface area (Å²) in [6, 6.07) is 91.2. The lowest BCUT2D eigenvalue weighted by Gasteiger charge is -2.45. The van der Waals surface area contributed by atoms with E-state index in [2.05, 4.69) is 259 Å². The minimum atomic E-state index is -0.0640. The molecule has 2 aliphatic rings. The van der Waals surface area contributed by atoms with Crippen LogP contribution in [0, 0.1) is 0 Å². The Kier molecular flexibility index (Phi) is 8.97. The highest BCUT2D eigenvalue weighted by Gasteiger charge is 2.45. The summed E-state index contributed by atoms with van der Waals surface area (Å²) in [6.45, 7) is -0.0640. The fourth-order valence-electron chi connectivity index (χ4n) is 10.0. The van der Waals surface area contributed by atoms with Gasteiger partial charge >= 0.3 is 0 Å². The van der Waals surface area contributed by atoms with Gasteiger partial charge in [0.1, 0.15) is 0 Å². The number of benzene rings is 10. The third kappa shape index (κ3) is 6.28. The van der Waals surface area contributed by atoms with Crippen LogP contribution in [-0.4, -0.2) is 6.71 Å². The van der Waals surface area contributed by atoms with E-state index in [0.717, 1.165) is 11.4 Å². The first-order valence-electron chi connectivity index (χ1n) is 21.8. The van der Waals surface area contributed by atoms with Crippen LogP contribution in [0.2, 0.25) is 0 Å². The Labute approximate surface area is 369 Å². The highest BCUT2D eigenvalue weighted by Crippen LogP contribution is 2.50. The number of hydrogen-bond donors (Lipinski definition) is 0. The van der Waals surface area contributed by atoms with Crippen LogP contribution >= 0.6 is 0 Å². The van der Waals surface area contributed by atoms with Gasteiger partial charge in [-0.05, 0) is 97.3 Å². The Balaban J connectivity index is 1.22. The van der Waals surface area contributed by atoms with E-state index in [1.807, 2.05) is 0 Å². The minimum Gasteiger partial charge on any atom is -0.311 e. The summed E-state index contributed by atoms with van der Waals surface area (Å²) >= 11 is 0. The molecule has 10 aromatic carbocycles.